The topological polar surface area (TPSA) is 105 Å². The Morgan fingerprint density at radius 2 is 1.93 bits per heavy atom. The van der Waals surface area contributed by atoms with Crippen LogP contribution in [0.2, 0.25) is 5.02 Å². The zero-order valence-corrected chi connectivity index (χ0v) is 15.7. The van der Waals surface area contributed by atoms with Gasteiger partial charge in [0.2, 0.25) is 0 Å². The number of nitro benzene ring substituents is 1. The molecule has 0 bridgehead atoms. The maximum atomic E-state index is 12.1. The maximum Gasteiger partial charge on any atom is 0.262 e. The molecule has 7 nitrogen and oxygen atoms in total. The first-order valence-electron chi connectivity index (χ1n) is 8.62. The van der Waals surface area contributed by atoms with Gasteiger partial charge in [-0.05, 0) is 47.2 Å². The molecule has 0 aliphatic heterocycles. The molecule has 0 unspecified atom stereocenters. The van der Waals surface area contributed by atoms with Crippen molar-refractivity contribution < 1.29 is 14.4 Å². The number of para-hydroxylation sites is 1. The van der Waals surface area contributed by atoms with E-state index < -0.39 is 16.4 Å². The van der Waals surface area contributed by atoms with Crippen molar-refractivity contribution in [1.29, 1.82) is 0 Å². The molecule has 0 saturated carbocycles. The van der Waals surface area contributed by atoms with E-state index >= 15 is 0 Å². The van der Waals surface area contributed by atoms with Crippen molar-refractivity contribution in [3.8, 4) is 5.75 Å². The monoisotopic (exact) mass is 406 g/mol. The van der Waals surface area contributed by atoms with E-state index in [0.717, 1.165) is 5.56 Å². The minimum atomic E-state index is -0.705. The molecule has 0 spiro atoms. The van der Waals surface area contributed by atoms with E-state index in [1.807, 2.05) is 24.3 Å². The van der Waals surface area contributed by atoms with E-state index in [0.29, 0.717) is 34.1 Å². The van der Waals surface area contributed by atoms with Gasteiger partial charge in [-0.15, -0.1) is 0 Å². The van der Waals surface area contributed by atoms with Crippen LogP contribution in [-0.4, -0.2) is 16.1 Å². The summed E-state index contributed by atoms with van der Waals surface area (Å²) in [6.07, 6.45) is 1.84. The number of hydrogen-bond donors (Lipinski definition) is 0. The lowest BCUT2D eigenvalue weighted by Crippen LogP contribution is -2.01. The number of nitro groups is 1. The molecule has 29 heavy (non-hydrogen) atoms. The first kappa shape index (κ1) is 18.6. The Hall–Kier alpha value is -3.71. The fourth-order valence-electron chi connectivity index (χ4n) is 2.83. The molecule has 1 heterocycles. The van der Waals surface area contributed by atoms with Crippen molar-refractivity contribution in [3.05, 3.63) is 92.8 Å². The third-order valence-corrected chi connectivity index (χ3v) is 4.51. The molecule has 0 saturated heterocycles. The number of oxazole rings is 1. The lowest BCUT2D eigenvalue weighted by molar-refractivity contribution is -0.398. The Morgan fingerprint density at radius 1 is 1.14 bits per heavy atom. The van der Waals surface area contributed by atoms with Crippen LogP contribution >= 0.6 is 11.6 Å². The Bertz CT molecular complexity index is 1230. The summed E-state index contributed by atoms with van der Waals surface area (Å²) in [4.78, 5) is 18.9. The van der Waals surface area contributed by atoms with E-state index in [9.17, 15) is 15.2 Å². The highest BCUT2D eigenvalue weighted by atomic mass is 35.5. The zero-order valence-electron chi connectivity index (χ0n) is 14.9. The van der Waals surface area contributed by atoms with Crippen LogP contribution in [-0.2, 0) is 6.42 Å². The molecule has 0 aliphatic rings. The molecule has 0 atom stereocenters. The fraction of sp³-hybridized carbons (Fsp3) is 0.0476. The number of halogens is 1. The molecule has 0 N–H and O–H groups in total. The molecule has 1 aromatic heterocycles. The molecule has 144 valence electrons. The molecular formula is C21H13ClN3O4-. The third kappa shape index (κ3) is 4.09. The Morgan fingerprint density at radius 3 is 2.69 bits per heavy atom. The molecule has 0 fully saturated rings. The van der Waals surface area contributed by atoms with Crippen molar-refractivity contribution in [2.24, 2.45) is 4.99 Å². The van der Waals surface area contributed by atoms with Crippen LogP contribution in [0.15, 0.2) is 70.1 Å². The smallest absolute Gasteiger partial charge is 0.262 e. The second-order valence-electron chi connectivity index (χ2n) is 6.27. The molecule has 0 aliphatic carbocycles. The third-order valence-electron chi connectivity index (χ3n) is 4.26. The van der Waals surface area contributed by atoms with Gasteiger partial charge in [-0.3, -0.25) is 15.1 Å². The Balaban J connectivity index is 1.58. The van der Waals surface area contributed by atoms with E-state index in [1.165, 1.54) is 24.4 Å². The summed E-state index contributed by atoms with van der Waals surface area (Å²) >= 11 is 5.90. The van der Waals surface area contributed by atoms with Crippen molar-refractivity contribution in [1.82, 2.24) is 4.98 Å². The van der Waals surface area contributed by atoms with Crippen molar-refractivity contribution in [3.63, 3.8) is 0 Å². The summed E-state index contributed by atoms with van der Waals surface area (Å²) in [5, 5.41) is 23.6. The largest absolute Gasteiger partial charge is 0.867 e. The number of aromatic nitrogens is 1. The molecule has 8 heteroatoms. The minimum absolute atomic E-state index is 0.142. The number of benzene rings is 3. The lowest BCUT2D eigenvalue weighted by atomic mass is 10.1. The van der Waals surface area contributed by atoms with Gasteiger partial charge >= 0.3 is 0 Å². The predicted octanol–water partition coefficient (Wildman–Crippen LogP) is 4.80. The summed E-state index contributed by atoms with van der Waals surface area (Å²) in [7, 11) is 0. The van der Waals surface area contributed by atoms with Gasteiger partial charge in [0.1, 0.15) is 5.52 Å². The van der Waals surface area contributed by atoms with Gasteiger partial charge in [0.05, 0.1) is 10.6 Å². The number of fused-ring (bicyclic) bond motifs is 1. The molecule has 0 radical (unpaired) electrons. The standard InChI is InChI=1S/C21H14ClN3O4/c22-15-6-4-13(5-7-15)10-20-24-17-11-16(8-9-19(17)29-20)23-12-14-2-1-3-18(21(14)26)25(27)28/h1-9,11-12,26H,10H2/p-1. The van der Waals surface area contributed by atoms with Gasteiger partial charge in [-0.2, -0.15) is 0 Å². The van der Waals surface area contributed by atoms with Gasteiger partial charge in [0.15, 0.2) is 11.5 Å². The number of rotatable bonds is 5. The normalized spacial score (nSPS) is 11.3. The first-order valence-corrected chi connectivity index (χ1v) is 9.00. The number of aliphatic imine (C=N–C) groups is 1. The zero-order chi connectivity index (χ0) is 20.4. The van der Waals surface area contributed by atoms with Crippen LogP contribution in [0.4, 0.5) is 11.4 Å². The molecule has 4 aromatic rings. The summed E-state index contributed by atoms with van der Waals surface area (Å²) in [6.45, 7) is 0. The van der Waals surface area contributed by atoms with Gasteiger partial charge in [0, 0.05) is 23.7 Å². The van der Waals surface area contributed by atoms with Crippen molar-refractivity contribution in [2.45, 2.75) is 6.42 Å². The average Bonchev–Trinajstić information content (AvgIpc) is 3.10. The van der Waals surface area contributed by atoms with Gasteiger partial charge in [-0.1, -0.05) is 35.9 Å². The first-order chi connectivity index (χ1) is 14.0. The van der Waals surface area contributed by atoms with Crippen LogP contribution in [0.25, 0.3) is 11.1 Å². The van der Waals surface area contributed by atoms with Crippen LogP contribution in [0.5, 0.6) is 5.75 Å². The molecular weight excluding hydrogens is 394 g/mol. The summed E-state index contributed by atoms with van der Waals surface area (Å²) in [5.74, 6) is -0.113. The number of hydrogen-bond acceptors (Lipinski definition) is 6. The fourth-order valence-corrected chi connectivity index (χ4v) is 2.95. The maximum absolute atomic E-state index is 12.1. The Labute approximate surface area is 170 Å². The summed E-state index contributed by atoms with van der Waals surface area (Å²) in [6, 6.07) is 16.7. The van der Waals surface area contributed by atoms with Gasteiger partial charge < -0.3 is 9.52 Å². The van der Waals surface area contributed by atoms with Gasteiger partial charge in [0.25, 0.3) is 5.69 Å². The van der Waals surface area contributed by atoms with Crippen LogP contribution < -0.4 is 5.11 Å². The quantitative estimate of drug-likeness (QED) is 0.269. The number of nitrogens with zero attached hydrogens (tertiary/aromatic N) is 3. The van der Waals surface area contributed by atoms with Crippen LogP contribution in [0.3, 0.4) is 0 Å². The summed E-state index contributed by atoms with van der Waals surface area (Å²) in [5.41, 5.74) is 2.48. The minimum Gasteiger partial charge on any atom is -0.867 e. The Kier molecular flexibility index (Phi) is 4.97. The van der Waals surface area contributed by atoms with E-state index in [2.05, 4.69) is 9.98 Å². The highest BCUT2D eigenvalue weighted by molar-refractivity contribution is 6.30. The van der Waals surface area contributed by atoms with Crippen LogP contribution in [0, 0.1) is 10.1 Å². The summed E-state index contributed by atoms with van der Waals surface area (Å²) < 4.78 is 5.76. The second-order valence-corrected chi connectivity index (χ2v) is 6.71. The highest BCUT2D eigenvalue weighted by Crippen LogP contribution is 2.27. The van der Waals surface area contributed by atoms with Gasteiger partial charge in [-0.25, -0.2) is 4.98 Å². The average molecular weight is 407 g/mol. The van der Waals surface area contributed by atoms with Crippen LogP contribution in [0.1, 0.15) is 17.0 Å². The highest BCUT2D eigenvalue weighted by Gasteiger charge is 2.09. The lowest BCUT2D eigenvalue weighted by Gasteiger charge is -2.09. The van der Waals surface area contributed by atoms with E-state index in [-0.39, 0.29) is 5.56 Å². The molecule has 3 aromatic carbocycles. The SMILES string of the molecule is O=[N+]([O-])c1cccc(C=Nc2ccc3oc(Cc4ccc(Cl)cc4)nc3c2)c1[O-]. The molecule has 4 rings (SSSR count). The predicted molar refractivity (Wildman–Crippen MR) is 108 cm³/mol. The van der Waals surface area contributed by atoms with Crippen molar-refractivity contribution in [2.75, 3.05) is 0 Å². The van der Waals surface area contributed by atoms with Crippen molar-refractivity contribution >= 4 is 40.3 Å². The molecule has 0 amide bonds. The second kappa shape index (κ2) is 7.73. The van der Waals surface area contributed by atoms with E-state index in [1.54, 1.807) is 18.2 Å². The van der Waals surface area contributed by atoms with E-state index in [4.69, 9.17) is 16.0 Å².